The molecule has 0 spiro atoms. The lowest BCUT2D eigenvalue weighted by Gasteiger charge is -2.12. The quantitative estimate of drug-likeness (QED) is 0.447. The summed E-state index contributed by atoms with van der Waals surface area (Å²) in [5.41, 5.74) is 1.38. The van der Waals surface area contributed by atoms with Crippen LogP contribution < -0.4 is 20.1 Å². The molecule has 3 rings (SSSR count). The van der Waals surface area contributed by atoms with E-state index >= 15 is 0 Å². The van der Waals surface area contributed by atoms with Crippen LogP contribution in [0.4, 0.5) is 5.82 Å². The largest absolute Gasteiger partial charge is 0.494 e. The molecule has 2 aromatic heterocycles. The maximum absolute atomic E-state index is 12.3. The summed E-state index contributed by atoms with van der Waals surface area (Å²) in [6.45, 7) is 2.85. The summed E-state index contributed by atoms with van der Waals surface area (Å²) in [5, 5.41) is 5.27. The molecule has 0 unspecified atom stereocenters. The van der Waals surface area contributed by atoms with Crippen LogP contribution >= 0.6 is 0 Å². The lowest BCUT2D eigenvalue weighted by molar-refractivity contribution is -0.115. The summed E-state index contributed by atoms with van der Waals surface area (Å²) < 4.78 is 11.3. The first-order chi connectivity index (χ1) is 15.7. The number of benzene rings is 1. The Morgan fingerprint density at radius 1 is 0.969 bits per heavy atom. The van der Waals surface area contributed by atoms with E-state index in [1.807, 2.05) is 12.1 Å². The van der Waals surface area contributed by atoms with Gasteiger partial charge in [-0.1, -0.05) is 13.3 Å². The molecule has 0 aliphatic carbocycles. The van der Waals surface area contributed by atoms with Gasteiger partial charge in [-0.3, -0.25) is 14.6 Å². The van der Waals surface area contributed by atoms with Crippen LogP contribution in [-0.4, -0.2) is 34.9 Å². The predicted molar refractivity (Wildman–Crippen MR) is 121 cm³/mol. The third-order valence-corrected chi connectivity index (χ3v) is 4.46. The second-order valence-electron chi connectivity index (χ2n) is 6.95. The normalized spacial score (nSPS) is 10.3. The molecule has 8 heteroatoms. The van der Waals surface area contributed by atoms with Gasteiger partial charge in [0.25, 0.3) is 5.91 Å². The molecule has 166 valence electrons. The zero-order chi connectivity index (χ0) is 22.6. The van der Waals surface area contributed by atoms with Gasteiger partial charge in [0.05, 0.1) is 13.2 Å². The average molecular weight is 434 g/mol. The van der Waals surface area contributed by atoms with Gasteiger partial charge >= 0.3 is 0 Å². The summed E-state index contributed by atoms with van der Waals surface area (Å²) in [4.78, 5) is 32.8. The van der Waals surface area contributed by atoms with Crippen molar-refractivity contribution < 1.29 is 19.1 Å². The van der Waals surface area contributed by atoms with Crippen LogP contribution in [-0.2, 0) is 11.4 Å². The summed E-state index contributed by atoms with van der Waals surface area (Å²) in [5.74, 6) is 0.667. The number of pyridine rings is 2. The van der Waals surface area contributed by atoms with Crippen LogP contribution in [0.3, 0.4) is 0 Å². The molecule has 0 saturated heterocycles. The van der Waals surface area contributed by atoms with E-state index in [4.69, 9.17) is 9.47 Å². The molecule has 0 aliphatic heterocycles. The highest BCUT2D eigenvalue weighted by atomic mass is 16.5. The first-order valence-corrected chi connectivity index (χ1v) is 10.4. The number of unbranched alkanes of at least 4 members (excludes halogenated alkanes) is 1. The number of aromatic nitrogens is 2. The molecule has 1 aromatic carbocycles. The van der Waals surface area contributed by atoms with E-state index in [0.29, 0.717) is 30.3 Å². The van der Waals surface area contributed by atoms with Gasteiger partial charge in [-0.2, -0.15) is 0 Å². The fourth-order valence-corrected chi connectivity index (χ4v) is 2.72. The lowest BCUT2D eigenvalue weighted by Crippen LogP contribution is -2.33. The number of rotatable bonds is 11. The van der Waals surface area contributed by atoms with E-state index in [1.165, 1.54) is 0 Å². The average Bonchev–Trinajstić information content (AvgIpc) is 2.83. The minimum Gasteiger partial charge on any atom is -0.494 e. The van der Waals surface area contributed by atoms with Crippen molar-refractivity contribution in [2.45, 2.75) is 26.4 Å². The van der Waals surface area contributed by atoms with Gasteiger partial charge in [-0.25, -0.2) is 4.98 Å². The fraction of sp³-hybridized carbons (Fsp3) is 0.250. The second kappa shape index (κ2) is 12.0. The number of amides is 2. The van der Waals surface area contributed by atoms with Crippen molar-refractivity contribution in [3.63, 3.8) is 0 Å². The van der Waals surface area contributed by atoms with Crippen molar-refractivity contribution in [1.29, 1.82) is 0 Å². The highest BCUT2D eigenvalue weighted by molar-refractivity contribution is 5.99. The van der Waals surface area contributed by atoms with Crippen LogP contribution in [0.1, 0.15) is 35.7 Å². The number of nitrogens with zero attached hydrogens (tertiary/aromatic N) is 2. The topological polar surface area (TPSA) is 102 Å². The molecule has 0 radical (unpaired) electrons. The van der Waals surface area contributed by atoms with Crippen LogP contribution in [0.25, 0.3) is 0 Å². The van der Waals surface area contributed by atoms with Crippen molar-refractivity contribution >= 4 is 17.6 Å². The number of hydrogen-bond acceptors (Lipinski definition) is 6. The summed E-state index contributed by atoms with van der Waals surface area (Å²) in [6.07, 6.45) is 6.95. The molecule has 0 atom stereocenters. The van der Waals surface area contributed by atoms with E-state index in [1.54, 1.807) is 55.0 Å². The Bertz CT molecular complexity index is 1010. The van der Waals surface area contributed by atoms with Crippen LogP contribution in [0, 0.1) is 0 Å². The molecule has 8 nitrogen and oxygen atoms in total. The van der Waals surface area contributed by atoms with Gasteiger partial charge in [0.15, 0.2) is 11.6 Å². The number of nitrogens with one attached hydrogen (secondary N) is 2. The Labute approximate surface area is 187 Å². The maximum Gasteiger partial charge on any atom is 0.251 e. The van der Waals surface area contributed by atoms with Crippen LogP contribution in [0.5, 0.6) is 11.5 Å². The highest BCUT2D eigenvalue weighted by Gasteiger charge is 2.12. The van der Waals surface area contributed by atoms with E-state index in [-0.39, 0.29) is 18.3 Å². The van der Waals surface area contributed by atoms with E-state index in [9.17, 15) is 9.59 Å². The maximum atomic E-state index is 12.3. The highest BCUT2D eigenvalue weighted by Crippen LogP contribution is 2.22. The molecule has 0 aliphatic rings. The summed E-state index contributed by atoms with van der Waals surface area (Å²) in [7, 11) is 0. The Balaban J connectivity index is 1.49. The van der Waals surface area contributed by atoms with Gasteiger partial charge in [0, 0.05) is 24.2 Å². The Kier molecular flexibility index (Phi) is 8.56. The fourth-order valence-electron chi connectivity index (χ4n) is 2.72. The molecule has 2 amide bonds. The SMILES string of the molecule is CCCCOc1ccc(C(=O)NCC(=O)Nc2ncccc2OCc2ccncc2)cc1. The minimum atomic E-state index is -0.412. The zero-order valence-corrected chi connectivity index (χ0v) is 17.9. The molecule has 3 aromatic rings. The van der Waals surface area contributed by atoms with Gasteiger partial charge in [-0.05, 0) is 60.5 Å². The predicted octanol–water partition coefficient (Wildman–Crippen LogP) is 3.60. The lowest BCUT2D eigenvalue weighted by atomic mass is 10.2. The zero-order valence-electron chi connectivity index (χ0n) is 17.9. The smallest absolute Gasteiger partial charge is 0.251 e. The minimum absolute atomic E-state index is 0.200. The molecule has 2 heterocycles. The molecular weight excluding hydrogens is 408 g/mol. The van der Waals surface area contributed by atoms with Crippen molar-refractivity contribution in [2.75, 3.05) is 18.5 Å². The molecule has 0 fully saturated rings. The van der Waals surface area contributed by atoms with E-state index < -0.39 is 5.91 Å². The first-order valence-electron chi connectivity index (χ1n) is 10.4. The van der Waals surface area contributed by atoms with Gasteiger partial charge in [-0.15, -0.1) is 0 Å². The van der Waals surface area contributed by atoms with Gasteiger partial charge < -0.3 is 20.1 Å². The number of carbonyl (C=O) groups excluding carboxylic acids is 2. The number of ether oxygens (including phenoxy) is 2. The van der Waals surface area contributed by atoms with Crippen molar-refractivity contribution in [3.8, 4) is 11.5 Å². The second-order valence-corrected chi connectivity index (χ2v) is 6.95. The third kappa shape index (κ3) is 7.09. The Hall–Kier alpha value is -3.94. The van der Waals surface area contributed by atoms with Gasteiger partial charge in [0.2, 0.25) is 5.91 Å². The summed E-state index contributed by atoms with van der Waals surface area (Å²) in [6, 6.07) is 13.9. The van der Waals surface area contributed by atoms with Crippen molar-refractivity contribution in [2.24, 2.45) is 0 Å². The molecule has 0 saturated carbocycles. The van der Waals surface area contributed by atoms with Crippen molar-refractivity contribution in [1.82, 2.24) is 15.3 Å². The van der Waals surface area contributed by atoms with Crippen LogP contribution in [0.15, 0.2) is 67.1 Å². The van der Waals surface area contributed by atoms with E-state index in [2.05, 4.69) is 27.5 Å². The van der Waals surface area contributed by atoms with Gasteiger partial charge in [0.1, 0.15) is 12.4 Å². The first kappa shape index (κ1) is 22.7. The molecule has 32 heavy (non-hydrogen) atoms. The monoisotopic (exact) mass is 434 g/mol. The Morgan fingerprint density at radius 3 is 2.50 bits per heavy atom. The molecular formula is C24H26N4O4. The van der Waals surface area contributed by atoms with E-state index in [0.717, 1.165) is 18.4 Å². The molecule has 0 bridgehead atoms. The summed E-state index contributed by atoms with van der Waals surface area (Å²) >= 11 is 0. The number of anilines is 1. The number of carbonyl (C=O) groups is 2. The Morgan fingerprint density at radius 2 is 1.75 bits per heavy atom. The third-order valence-electron chi connectivity index (χ3n) is 4.46. The molecule has 2 N–H and O–H groups in total. The van der Waals surface area contributed by atoms with Crippen molar-refractivity contribution in [3.05, 3.63) is 78.2 Å². The standard InChI is InChI=1S/C24H26N4O4/c1-2-3-15-31-20-8-6-19(7-9-20)24(30)27-16-22(29)28-23-21(5-4-12-26-23)32-17-18-10-13-25-14-11-18/h4-14H,2-3,15-17H2,1H3,(H,27,30)(H,26,28,29). The number of hydrogen-bond donors (Lipinski definition) is 2. The van der Waals surface area contributed by atoms with Crippen LogP contribution in [0.2, 0.25) is 0 Å².